The number of carbonyl (C=O) groups excluding carboxylic acids is 1. The molecule has 0 saturated carbocycles. The highest BCUT2D eigenvalue weighted by atomic mass is 16.4. The van der Waals surface area contributed by atoms with Crippen molar-refractivity contribution in [3.05, 3.63) is 23.8 Å². The number of nitrogens with zero attached hydrogens (tertiary/aromatic N) is 2. The van der Waals surface area contributed by atoms with Crippen molar-refractivity contribution in [3.8, 4) is 0 Å². The van der Waals surface area contributed by atoms with Gasteiger partial charge in [0.2, 0.25) is 0 Å². The summed E-state index contributed by atoms with van der Waals surface area (Å²) < 4.78 is 0. The van der Waals surface area contributed by atoms with Gasteiger partial charge in [0.15, 0.2) is 12.0 Å². The number of carboxylic acid groups (broad SMARTS) is 1. The third-order valence-corrected chi connectivity index (χ3v) is 0.993. The number of aromatic carboxylic acids is 1. The molecule has 0 saturated heterocycles. The van der Waals surface area contributed by atoms with Gasteiger partial charge in [-0.15, -0.1) is 0 Å². The van der Waals surface area contributed by atoms with Crippen molar-refractivity contribution in [2.45, 2.75) is 0 Å². The highest BCUT2D eigenvalue weighted by Crippen LogP contribution is 1.92. The zero-order valence-corrected chi connectivity index (χ0v) is 5.39. The maximum absolute atomic E-state index is 10.3. The number of carbonyl (C=O) groups is 2. The van der Waals surface area contributed by atoms with Gasteiger partial charge in [-0.1, -0.05) is 0 Å². The van der Waals surface area contributed by atoms with Gasteiger partial charge < -0.3 is 5.11 Å². The lowest BCUT2D eigenvalue weighted by Crippen LogP contribution is -2.03. The number of hydrogen-bond acceptors (Lipinski definition) is 4. The van der Waals surface area contributed by atoms with E-state index in [0.717, 1.165) is 6.20 Å². The second kappa shape index (κ2) is 2.87. The summed E-state index contributed by atoms with van der Waals surface area (Å²) in [6.45, 7) is 0. The Morgan fingerprint density at radius 3 is 2.82 bits per heavy atom. The lowest BCUT2D eigenvalue weighted by Gasteiger charge is -1.91. The number of hydrogen-bond donors (Lipinski definition) is 1. The summed E-state index contributed by atoms with van der Waals surface area (Å²) in [5, 5.41) is 8.39. The molecular formula is C6H4N2O3. The van der Waals surface area contributed by atoms with Crippen molar-refractivity contribution < 1.29 is 14.7 Å². The molecule has 11 heavy (non-hydrogen) atoms. The standard InChI is InChI=1S/C6H4N2O3/c9-3-4-1-7-2-5(8-4)6(10)11/h1-3H,(H,10,11). The van der Waals surface area contributed by atoms with Gasteiger partial charge >= 0.3 is 5.97 Å². The molecule has 0 amide bonds. The van der Waals surface area contributed by atoms with Crippen LogP contribution in [0.2, 0.25) is 0 Å². The van der Waals surface area contributed by atoms with E-state index in [9.17, 15) is 9.59 Å². The molecule has 0 bridgehead atoms. The first-order valence-corrected chi connectivity index (χ1v) is 2.74. The first kappa shape index (κ1) is 7.33. The molecule has 5 nitrogen and oxygen atoms in total. The fourth-order valence-electron chi connectivity index (χ4n) is 0.541. The van der Waals surface area contributed by atoms with Gasteiger partial charge in [-0.25, -0.2) is 9.78 Å². The molecule has 0 aliphatic heterocycles. The average molecular weight is 152 g/mol. The van der Waals surface area contributed by atoms with Crippen molar-refractivity contribution in [2.24, 2.45) is 0 Å². The van der Waals surface area contributed by atoms with Crippen LogP contribution in [0.4, 0.5) is 0 Å². The number of aldehydes is 1. The van der Waals surface area contributed by atoms with Crippen LogP contribution >= 0.6 is 0 Å². The van der Waals surface area contributed by atoms with Gasteiger partial charge in [-0.05, 0) is 0 Å². The molecule has 0 aliphatic carbocycles. The van der Waals surface area contributed by atoms with Gasteiger partial charge in [0.05, 0.1) is 12.4 Å². The molecule has 1 N–H and O–H groups in total. The van der Waals surface area contributed by atoms with Gasteiger partial charge in [0, 0.05) is 0 Å². The van der Waals surface area contributed by atoms with Crippen LogP contribution in [0, 0.1) is 0 Å². The largest absolute Gasteiger partial charge is 0.476 e. The number of carboxylic acids is 1. The fraction of sp³-hybridized carbons (Fsp3) is 0. The molecule has 5 heteroatoms. The molecule has 0 aliphatic rings. The smallest absolute Gasteiger partial charge is 0.356 e. The molecule has 1 heterocycles. The molecule has 1 aromatic heterocycles. The van der Waals surface area contributed by atoms with Crippen LogP contribution in [0.1, 0.15) is 21.0 Å². The highest BCUT2D eigenvalue weighted by Gasteiger charge is 2.04. The first-order valence-electron chi connectivity index (χ1n) is 2.74. The average Bonchev–Trinajstić information content (AvgIpc) is 2.05. The Morgan fingerprint density at radius 2 is 2.27 bits per heavy atom. The van der Waals surface area contributed by atoms with E-state index in [1.807, 2.05) is 0 Å². The van der Waals surface area contributed by atoms with Crippen LogP contribution < -0.4 is 0 Å². The van der Waals surface area contributed by atoms with E-state index in [0.29, 0.717) is 6.29 Å². The Labute approximate surface area is 61.7 Å². The molecule has 56 valence electrons. The van der Waals surface area contributed by atoms with E-state index in [2.05, 4.69) is 9.97 Å². The molecule has 0 atom stereocenters. The lowest BCUT2D eigenvalue weighted by atomic mass is 10.4. The highest BCUT2D eigenvalue weighted by molar-refractivity contribution is 5.85. The zero-order chi connectivity index (χ0) is 8.27. The van der Waals surface area contributed by atoms with Crippen LogP contribution in [-0.4, -0.2) is 27.3 Å². The molecule has 0 radical (unpaired) electrons. The molecule has 0 spiro atoms. The second-order valence-electron chi connectivity index (χ2n) is 1.75. The summed E-state index contributed by atoms with van der Waals surface area (Å²) in [6, 6.07) is 0. The van der Waals surface area contributed by atoms with E-state index in [1.165, 1.54) is 6.20 Å². The van der Waals surface area contributed by atoms with Crippen molar-refractivity contribution >= 4 is 12.3 Å². The Kier molecular flexibility index (Phi) is 1.91. The quantitative estimate of drug-likeness (QED) is 0.602. The molecule has 0 fully saturated rings. The van der Waals surface area contributed by atoms with E-state index in [4.69, 9.17) is 5.11 Å². The third kappa shape index (κ3) is 1.57. The molecule has 0 aromatic carbocycles. The first-order chi connectivity index (χ1) is 5.24. The predicted molar refractivity (Wildman–Crippen MR) is 34.4 cm³/mol. The summed E-state index contributed by atoms with van der Waals surface area (Å²) in [7, 11) is 0. The zero-order valence-electron chi connectivity index (χ0n) is 5.39. The topological polar surface area (TPSA) is 80.2 Å². The third-order valence-electron chi connectivity index (χ3n) is 0.993. The summed E-state index contributed by atoms with van der Waals surface area (Å²) in [5.41, 5.74) is -0.209. The van der Waals surface area contributed by atoms with Gasteiger partial charge in [0.1, 0.15) is 5.69 Å². The van der Waals surface area contributed by atoms with Crippen molar-refractivity contribution in [3.63, 3.8) is 0 Å². The van der Waals surface area contributed by atoms with Crippen LogP contribution in [0.15, 0.2) is 12.4 Å². The Hall–Kier alpha value is -1.78. The Bertz CT molecular complexity index is 298. The van der Waals surface area contributed by atoms with E-state index < -0.39 is 5.97 Å². The maximum atomic E-state index is 10.3. The predicted octanol–water partition coefficient (Wildman–Crippen LogP) is -0.0127. The van der Waals surface area contributed by atoms with E-state index in [-0.39, 0.29) is 11.4 Å². The van der Waals surface area contributed by atoms with Crippen LogP contribution in [0.25, 0.3) is 0 Å². The summed E-state index contributed by atoms with van der Waals surface area (Å²) in [5.74, 6) is -1.19. The SMILES string of the molecule is O=Cc1cncc(C(=O)O)n1. The van der Waals surface area contributed by atoms with Crippen molar-refractivity contribution in [2.75, 3.05) is 0 Å². The monoisotopic (exact) mass is 152 g/mol. The minimum absolute atomic E-state index is 0.0184. The summed E-state index contributed by atoms with van der Waals surface area (Å²) in [4.78, 5) is 27.3. The number of aromatic nitrogens is 2. The van der Waals surface area contributed by atoms with Gasteiger partial charge in [0.25, 0.3) is 0 Å². The molecule has 1 aromatic rings. The maximum Gasteiger partial charge on any atom is 0.356 e. The molecular weight excluding hydrogens is 148 g/mol. The van der Waals surface area contributed by atoms with E-state index in [1.54, 1.807) is 0 Å². The van der Waals surface area contributed by atoms with Crippen LogP contribution in [-0.2, 0) is 0 Å². The minimum Gasteiger partial charge on any atom is -0.476 e. The minimum atomic E-state index is -1.19. The number of rotatable bonds is 2. The van der Waals surface area contributed by atoms with Crippen molar-refractivity contribution in [1.82, 2.24) is 9.97 Å². The van der Waals surface area contributed by atoms with Crippen molar-refractivity contribution in [1.29, 1.82) is 0 Å². The van der Waals surface area contributed by atoms with Crippen LogP contribution in [0.3, 0.4) is 0 Å². The second-order valence-corrected chi connectivity index (χ2v) is 1.75. The van der Waals surface area contributed by atoms with Gasteiger partial charge in [-0.3, -0.25) is 9.78 Å². The van der Waals surface area contributed by atoms with Gasteiger partial charge in [-0.2, -0.15) is 0 Å². The molecule has 0 unspecified atom stereocenters. The lowest BCUT2D eigenvalue weighted by molar-refractivity contribution is 0.0690. The summed E-state index contributed by atoms with van der Waals surface area (Å²) >= 11 is 0. The van der Waals surface area contributed by atoms with Crippen LogP contribution in [0.5, 0.6) is 0 Å². The molecule has 1 rings (SSSR count). The summed E-state index contributed by atoms with van der Waals surface area (Å²) in [6.07, 6.45) is 2.72. The fourth-order valence-corrected chi connectivity index (χ4v) is 0.541. The van der Waals surface area contributed by atoms with E-state index >= 15 is 0 Å². The Balaban J connectivity index is 3.10. The Morgan fingerprint density at radius 1 is 1.55 bits per heavy atom. The normalized spacial score (nSPS) is 9.09.